The van der Waals surface area contributed by atoms with Gasteiger partial charge in [0.15, 0.2) is 0 Å². The summed E-state index contributed by atoms with van der Waals surface area (Å²) in [6.07, 6.45) is 0.823. The van der Waals surface area contributed by atoms with Crippen molar-refractivity contribution >= 4 is 5.69 Å². The molecule has 0 saturated carbocycles. The van der Waals surface area contributed by atoms with Crippen molar-refractivity contribution in [1.29, 1.82) is 0 Å². The van der Waals surface area contributed by atoms with Crippen LogP contribution in [0.3, 0.4) is 0 Å². The fraction of sp³-hybridized carbons (Fsp3) is 0.455. The second-order valence-electron chi connectivity index (χ2n) is 4.44. The van der Waals surface area contributed by atoms with Crippen LogP contribution in [-0.2, 0) is 0 Å². The summed E-state index contributed by atoms with van der Waals surface area (Å²) in [6.45, 7) is 4.06. The number of anilines is 1. The summed E-state index contributed by atoms with van der Waals surface area (Å²) in [6, 6.07) is 5.76. The number of para-hydroxylation sites is 1. The molecular weight excluding hydrogens is 176 g/mol. The van der Waals surface area contributed by atoms with Crippen molar-refractivity contribution in [2.24, 2.45) is 5.73 Å². The quantitative estimate of drug-likeness (QED) is 0.616. The molecule has 3 heteroatoms. The van der Waals surface area contributed by atoms with Gasteiger partial charge in [0.05, 0.1) is 5.69 Å². The number of fused-ring (bicyclic) bond motifs is 1. The van der Waals surface area contributed by atoms with Crippen molar-refractivity contribution in [3.05, 3.63) is 23.8 Å². The van der Waals surface area contributed by atoms with E-state index in [1.54, 1.807) is 0 Å². The molecule has 1 aromatic carbocycles. The zero-order chi connectivity index (χ0) is 10.3. The molecule has 14 heavy (non-hydrogen) atoms. The summed E-state index contributed by atoms with van der Waals surface area (Å²) >= 11 is 0. The van der Waals surface area contributed by atoms with Crippen molar-refractivity contribution in [2.75, 3.05) is 5.73 Å². The second kappa shape index (κ2) is 2.89. The van der Waals surface area contributed by atoms with Gasteiger partial charge in [-0.2, -0.15) is 0 Å². The maximum atomic E-state index is 6.06. The number of benzene rings is 1. The van der Waals surface area contributed by atoms with Crippen LogP contribution in [0.4, 0.5) is 5.69 Å². The summed E-state index contributed by atoms with van der Waals surface area (Å²) < 4.78 is 5.82. The highest BCUT2D eigenvalue weighted by Gasteiger charge is 2.32. The molecule has 0 bridgehead atoms. The number of nitrogen functional groups attached to an aromatic ring is 1. The Hall–Kier alpha value is -1.22. The van der Waals surface area contributed by atoms with Crippen molar-refractivity contribution in [3.8, 4) is 5.75 Å². The number of hydrogen-bond donors (Lipinski definition) is 2. The lowest BCUT2D eigenvalue weighted by Gasteiger charge is -2.36. The lowest BCUT2D eigenvalue weighted by Crippen LogP contribution is -2.37. The maximum Gasteiger partial charge on any atom is 0.147 e. The lowest BCUT2D eigenvalue weighted by atomic mass is 9.90. The zero-order valence-electron chi connectivity index (χ0n) is 8.58. The van der Waals surface area contributed by atoms with E-state index in [1.165, 1.54) is 0 Å². The van der Waals surface area contributed by atoms with Gasteiger partial charge in [-0.25, -0.2) is 0 Å². The molecular formula is C11H16N2O. The fourth-order valence-electron chi connectivity index (χ4n) is 1.94. The molecule has 1 aliphatic rings. The van der Waals surface area contributed by atoms with E-state index in [-0.39, 0.29) is 11.6 Å². The number of ether oxygens (including phenoxy) is 1. The van der Waals surface area contributed by atoms with Gasteiger partial charge in [0, 0.05) is 18.0 Å². The molecule has 0 saturated heterocycles. The van der Waals surface area contributed by atoms with Crippen LogP contribution in [0.1, 0.15) is 31.9 Å². The molecule has 3 nitrogen and oxygen atoms in total. The Kier molecular flexibility index (Phi) is 1.93. The molecule has 1 aliphatic heterocycles. The van der Waals surface area contributed by atoms with Crippen LogP contribution >= 0.6 is 0 Å². The van der Waals surface area contributed by atoms with Gasteiger partial charge in [-0.1, -0.05) is 12.1 Å². The minimum atomic E-state index is -0.220. The van der Waals surface area contributed by atoms with Crippen LogP contribution in [0.2, 0.25) is 0 Å². The summed E-state index contributed by atoms with van der Waals surface area (Å²) in [7, 11) is 0. The van der Waals surface area contributed by atoms with Crippen molar-refractivity contribution < 1.29 is 4.74 Å². The average Bonchev–Trinajstić information content (AvgIpc) is 2.05. The van der Waals surface area contributed by atoms with Gasteiger partial charge < -0.3 is 16.2 Å². The smallest absolute Gasteiger partial charge is 0.147 e. The van der Waals surface area contributed by atoms with E-state index < -0.39 is 0 Å². The van der Waals surface area contributed by atoms with Gasteiger partial charge >= 0.3 is 0 Å². The van der Waals surface area contributed by atoms with E-state index >= 15 is 0 Å². The van der Waals surface area contributed by atoms with Crippen LogP contribution in [-0.4, -0.2) is 5.60 Å². The van der Waals surface area contributed by atoms with Crippen LogP contribution < -0.4 is 16.2 Å². The Balaban J connectivity index is 2.51. The molecule has 0 spiro atoms. The van der Waals surface area contributed by atoms with Crippen molar-refractivity contribution in [1.82, 2.24) is 0 Å². The first kappa shape index (κ1) is 9.34. The van der Waals surface area contributed by atoms with Gasteiger partial charge in [0.1, 0.15) is 11.4 Å². The predicted octanol–water partition coefficient (Wildman–Crippen LogP) is 1.83. The lowest BCUT2D eigenvalue weighted by molar-refractivity contribution is 0.0739. The van der Waals surface area contributed by atoms with Crippen LogP contribution in [0.5, 0.6) is 5.75 Å². The second-order valence-corrected chi connectivity index (χ2v) is 4.44. The third kappa shape index (κ3) is 1.44. The number of rotatable bonds is 0. The van der Waals surface area contributed by atoms with E-state index in [4.69, 9.17) is 16.2 Å². The van der Waals surface area contributed by atoms with Crippen molar-refractivity contribution in [3.63, 3.8) is 0 Å². The topological polar surface area (TPSA) is 61.3 Å². The zero-order valence-corrected chi connectivity index (χ0v) is 8.58. The Morgan fingerprint density at radius 2 is 2.14 bits per heavy atom. The van der Waals surface area contributed by atoms with E-state index in [1.807, 2.05) is 32.0 Å². The van der Waals surface area contributed by atoms with E-state index in [0.717, 1.165) is 17.7 Å². The molecule has 0 aliphatic carbocycles. The largest absolute Gasteiger partial charge is 0.485 e. The molecule has 0 unspecified atom stereocenters. The van der Waals surface area contributed by atoms with Crippen molar-refractivity contribution in [2.45, 2.75) is 31.9 Å². The van der Waals surface area contributed by atoms with Gasteiger partial charge in [-0.3, -0.25) is 0 Å². The molecule has 4 N–H and O–H groups in total. The van der Waals surface area contributed by atoms with E-state index in [0.29, 0.717) is 5.69 Å². The highest BCUT2D eigenvalue weighted by Crippen LogP contribution is 2.41. The standard InChI is InChI=1S/C11H16N2O/c1-11(2)6-9(13)7-4-3-5-8(12)10(7)14-11/h3-5,9H,6,12-13H2,1-2H3/t9-/m0/s1. The molecule has 0 amide bonds. The third-order valence-corrected chi connectivity index (χ3v) is 2.57. The first-order chi connectivity index (χ1) is 6.49. The highest BCUT2D eigenvalue weighted by molar-refractivity contribution is 5.58. The SMILES string of the molecule is CC1(C)C[C@H](N)c2cccc(N)c2O1. The van der Waals surface area contributed by atoms with E-state index in [9.17, 15) is 0 Å². The first-order valence-corrected chi connectivity index (χ1v) is 4.82. The molecule has 0 fully saturated rings. The summed E-state index contributed by atoms with van der Waals surface area (Å²) in [4.78, 5) is 0. The Labute approximate surface area is 84.0 Å². The molecule has 1 atom stereocenters. The normalized spacial score (nSPS) is 23.8. The van der Waals surface area contributed by atoms with E-state index in [2.05, 4.69) is 0 Å². The Bertz CT molecular complexity index is 360. The summed E-state index contributed by atoms with van der Waals surface area (Å²) in [5.74, 6) is 0.760. The summed E-state index contributed by atoms with van der Waals surface area (Å²) in [5, 5.41) is 0. The fourth-order valence-corrected chi connectivity index (χ4v) is 1.94. The van der Waals surface area contributed by atoms with Gasteiger partial charge in [-0.05, 0) is 19.9 Å². The van der Waals surface area contributed by atoms with Gasteiger partial charge in [-0.15, -0.1) is 0 Å². The molecule has 76 valence electrons. The number of nitrogens with two attached hydrogens (primary N) is 2. The maximum absolute atomic E-state index is 6.06. The number of hydrogen-bond acceptors (Lipinski definition) is 3. The Morgan fingerprint density at radius 1 is 1.43 bits per heavy atom. The summed E-state index contributed by atoms with van der Waals surface area (Å²) in [5.41, 5.74) is 13.4. The monoisotopic (exact) mass is 192 g/mol. The Morgan fingerprint density at radius 3 is 2.86 bits per heavy atom. The molecule has 2 rings (SSSR count). The predicted molar refractivity (Wildman–Crippen MR) is 57.1 cm³/mol. The van der Waals surface area contributed by atoms with Crippen LogP contribution in [0.25, 0.3) is 0 Å². The van der Waals surface area contributed by atoms with Crippen LogP contribution in [0, 0.1) is 0 Å². The molecule has 0 aromatic heterocycles. The first-order valence-electron chi connectivity index (χ1n) is 4.82. The highest BCUT2D eigenvalue weighted by atomic mass is 16.5. The minimum absolute atomic E-state index is 0.0252. The van der Waals surface area contributed by atoms with Gasteiger partial charge in [0.2, 0.25) is 0 Å². The van der Waals surface area contributed by atoms with Gasteiger partial charge in [0.25, 0.3) is 0 Å². The minimum Gasteiger partial charge on any atom is -0.485 e. The third-order valence-electron chi connectivity index (χ3n) is 2.57. The van der Waals surface area contributed by atoms with Crippen LogP contribution in [0.15, 0.2) is 18.2 Å². The molecule has 1 aromatic rings. The average molecular weight is 192 g/mol. The molecule has 1 heterocycles. The molecule has 0 radical (unpaired) electrons.